The Morgan fingerprint density at radius 2 is 2.04 bits per heavy atom. The quantitative estimate of drug-likeness (QED) is 0.797. The molecule has 0 saturated heterocycles. The fraction of sp³-hybridized carbons (Fsp3) is 0.353. The Bertz CT molecular complexity index is 769. The minimum atomic E-state index is -1.31. The van der Waals surface area contributed by atoms with Crippen molar-refractivity contribution < 1.29 is 23.8 Å². The van der Waals surface area contributed by atoms with Crippen LogP contribution < -0.4 is 10.5 Å². The van der Waals surface area contributed by atoms with Gasteiger partial charge in [0, 0.05) is 5.56 Å². The second-order valence-corrected chi connectivity index (χ2v) is 5.50. The van der Waals surface area contributed by atoms with Crippen molar-refractivity contribution in [2.45, 2.75) is 19.8 Å². The van der Waals surface area contributed by atoms with Crippen molar-refractivity contribution in [3.05, 3.63) is 40.2 Å². The number of carbonyl (C=O) groups excluding carboxylic acids is 2. The number of esters is 2. The molecule has 0 bridgehead atoms. The molecule has 0 fully saturated rings. The Morgan fingerprint density at radius 3 is 2.64 bits per heavy atom. The third kappa shape index (κ3) is 3.54. The standard InChI is InChI=1S/C17H17ClN2O5/c1-3-23-16(21)10(8-19)12-9-6-5-7-11(18)14(9)25-15(20)13(12)17(22)24-4-2/h5-7,10,12H,3-4,20H2,1-2H3. The van der Waals surface area contributed by atoms with Crippen molar-refractivity contribution in [3.63, 3.8) is 0 Å². The molecule has 8 heteroatoms. The van der Waals surface area contributed by atoms with E-state index in [1.807, 2.05) is 6.07 Å². The number of benzene rings is 1. The number of hydrogen-bond acceptors (Lipinski definition) is 7. The number of carbonyl (C=O) groups is 2. The Hall–Kier alpha value is -2.72. The molecular weight excluding hydrogens is 348 g/mol. The molecule has 7 nitrogen and oxygen atoms in total. The first-order valence-corrected chi connectivity index (χ1v) is 8.03. The van der Waals surface area contributed by atoms with E-state index in [4.69, 9.17) is 31.5 Å². The van der Waals surface area contributed by atoms with Crippen molar-refractivity contribution in [1.82, 2.24) is 0 Å². The molecule has 0 saturated carbocycles. The molecule has 0 aromatic heterocycles. The number of para-hydroxylation sites is 1. The van der Waals surface area contributed by atoms with Crippen molar-refractivity contribution in [1.29, 1.82) is 5.26 Å². The molecule has 1 aliphatic heterocycles. The van der Waals surface area contributed by atoms with Gasteiger partial charge in [-0.05, 0) is 19.9 Å². The molecule has 1 heterocycles. The van der Waals surface area contributed by atoms with Gasteiger partial charge in [0.15, 0.2) is 11.7 Å². The smallest absolute Gasteiger partial charge is 0.340 e. The minimum Gasteiger partial charge on any atom is -0.465 e. The topological polar surface area (TPSA) is 112 Å². The normalized spacial score (nSPS) is 17.0. The number of rotatable bonds is 5. The van der Waals surface area contributed by atoms with Crippen LogP contribution in [0.2, 0.25) is 5.02 Å². The second kappa shape index (κ2) is 7.90. The van der Waals surface area contributed by atoms with Crippen molar-refractivity contribution >= 4 is 23.5 Å². The molecule has 1 aromatic rings. The Balaban J connectivity index is 2.64. The SMILES string of the molecule is CCOC(=O)C1=C(N)Oc2c(Cl)cccc2C1C(C#N)C(=O)OCC. The molecule has 2 unspecified atom stereocenters. The lowest BCUT2D eigenvalue weighted by Gasteiger charge is -2.30. The van der Waals surface area contributed by atoms with Crippen LogP contribution in [-0.4, -0.2) is 25.2 Å². The summed E-state index contributed by atoms with van der Waals surface area (Å²) in [6.45, 7) is 3.45. The van der Waals surface area contributed by atoms with Gasteiger partial charge in [-0.3, -0.25) is 4.79 Å². The number of nitrogens with two attached hydrogens (primary N) is 1. The average molecular weight is 365 g/mol. The fourth-order valence-electron chi connectivity index (χ4n) is 2.63. The van der Waals surface area contributed by atoms with Crippen molar-refractivity contribution in [3.8, 4) is 11.8 Å². The summed E-state index contributed by atoms with van der Waals surface area (Å²) in [5, 5.41) is 9.79. The Kier molecular flexibility index (Phi) is 5.88. The summed E-state index contributed by atoms with van der Waals surface area (Å²) >= 11 is 6.13. The highest BCUT2D eigenvalue weighted by Crippen LogP contribution is 2.46. The number of ether oxygens (including phenoxy) is 3. The molecule has 2 N–H and O–H groups in total. The van der Waals surface area contributed by atoms with Gasteiger partial charge in [-0.1, -0.05) is 23.7 Å². The summed E-state index contributed by atoms with van der Waals surface area (Å²) in [5.41, 5.74) is 6.18. The van der Waals surface area contributed by atoms with Gasteiger partial charge in [0.1, 0.15) is 5.57 Å². The highest BCUT2D eigenvalue weighted by Gasteiger charge is 2.43. The molecule has 0 radical (unpaired) electrons. The maximum absolute atomic E-state index is 12.4. The van der Waals surface area contributed by atoms with E-state index in [9.17, 15) is 14.9 Å². The largest absolute Gasteiger partial charge is 0.465 e. The molecule has 0 amide bonds. The van der Waals surface area contributed by atoms with E-state index in [-0.39, 0.29) is 35.4 Å². The van der Waals surface area contributed by atoms with E-state index in [0.717, 1.165) is 0 Å². The summed E-state index contributed by atoms with van der Waals surface area (Å²) in [5.74, 6) is -3.90. The summed E-state index contributed by atoms with van der Waals surface area (Å²) in [4.78, 5) is 24.6. The lowest BCUT2D eigenvalue weighted by Crippen LogP contribution is -2.34. The van der Waals surface area contributed by atoms with E-state index in [2.05, 4.69) is 0 Å². The highest BCUT2D eigenvalue weighted by molar-refractivity contribution is 6.32. The third-order valence-corrected chi connectivity index (χ3v) is 3.93. The van der Waals surface area contributed by atoms with Gasteiger partial charge < -0.3 is 19.9 Å². The van der Waals surface area contributed by atoms with Crippen LogP contribution in [0.5, 0.6) is 5.75 Å². The third-order valence-electron chi connectivity index (χ3n) is 3.63. The molecule has 2 rings (SSSR count). The first-order valence-electron chi connectivity index (χ1n) is 7.65. The van der Waals surface area contributed by atoms with Crippen molar-refractivity contribution in [2.24, 2.45) is 11.7 Å². The van der Waals surface area contributed by atoms with E-state index >= 15 is 0 Å². The second-order valence-electron chi connectivity index (χ2n) is 5.10. The fourth-order valence-corrected chi connectivity index (χ4v) is 2.85. The van der Waals surface area contributed by atoms with Crippen LogP contribution in [0.1, 0.15) is 25.3 Å². The van der Waals surface area contributed by atoms with E-state index in [1.165, 1.54) is 0 Å². The van der Waals surface area contributed by atoms with Gasteiger partial charge in [0.25, 0.3) is 0 Å². The molecular formula is C17H17ClN2O5. The zero-order chi connectivity index (χ0) is 18.6. The predicted octanol–water partition coefficient (Wildman–Crippen LogP) is 2.25. The predicted molar refractivity (Wildman–Crippen MR) is 88.4 cm³/mol. The average Bonchev–Trinajstić information content (AvgIpc) is 2.56. The zero-order valence-corrected chi connectivity index (χ0v) is 14.5. The van der Waals surface area contributed by atoms with E-state index in [1.54, 1.807) is 32.0 Å². The molecule has 1 aromatic carbocycles. The number of nitrogens with zero attached hydrogens (tertiary/aromatic N) is 1. The lowest BCUT2D eigenvalue weighted by molar-refractivity contribution is -0.146. The minimum absolute atomic E-state index is 0.0938. The molecule has 0 aliphatic carbocycles. The Labute approximate surface area is 149 Å². The van der Waals surface area contributed by atoms with E-state index < -0.39 is 23.8 Å². The van der Waals surface area contributed by atoms with Gasteiger partial charge >= 0.3 is 11.9 Å². The summed E-state index contributed by atoms with van der Waals surface area (Å²) in [7, 11) is 0. The molecule has 1 aliphatic rings. The van der Waals surface area contributed by atoms with E-state index in [0.29, 0.717) is 5.56 Å². The van der Waals surface area contributed by atoms with Crippen LogP contribution in [0, 0.1) is 17.2 Å². The number of hydrogen-bond donors (Lipinski definition) is 1. The van der Waals surface area contributed by atoms with Crippen LogP contribution in [0.15, 0.2) is 29.7 Å². The molecule has 2 atom stereocenters. The van der Waals surface area contributed by atoms with Crippen LogP contribution >= 0.6 is 11.6 Å². The van der Waals surface area contributed by atoms with Gasteiger partial charge in [-0.15, -0.1) is 0 Å². The molecule has 25 heavy (non-hydrogen) atoms. The van der Waals surface area contributed by atoms with Crippen molar-refractivity contribution in [2.75, 3.05) is 13.2 Å². The summed E-state index contributed by atoms with van der Waals surface area (Å²) in [6, 6.07) is 6.71. The van der Waals surface area contributed by atoms with Crippen LogP contribution in [0.3, 0.4) is 0 Å². The summed E-state index contributed by atoms with van der Waals surface area (Å²) in [6.07, 6.45) is 0. The number of fused-ring (bicyclic) bond motifs is 1. The zero-order valence-electron chi connectivity index (χ0n) is 13.7. The Morgan fingerprint density at radius 1 is 1.36 bits per heavy atom. The van der Waals surface area contributed by atoms with Gasteiger partial charge in [-0.2, -0.15) is 5.26 Å². The maximum atomic E-state index is 12.4. The summed E-state index contributed by atoms with van der Waals surface area (Å²) < 4.78 is 15.4. The first kappa shape index (κ1) is 18.6. The monoisotopic (exact) mass is 364 g/mol. The first-order chi connectivity index (χ1) is 12.0. The van der Waals surface area contributed by atoms with Crippen LogP contribution in [0.4, 0.5) is 0 Å². The maximum Gasteiger partial charge on any atom is 0.340 e. The number of halogens is 1. The highest BCUT2D eigenvalue weighted by atomic mass is 35.5. The molecule has 0 spiro atoms. The van der Waals surface area contributed by atoms with Gasteiger partial charge in [-0.25, -0.2) is 4.79 Å². The van der Waals surface area contributed by atoms with Gasteiger partial charge in [0.2, 0.25) is 5.88 Å². The molecule has 132 valence electrons. The van der Waals surface area contributed by atoms with Gasteiger partial charge in [0.05, 0.1) is 30.2 Å². The number of nitriles is 1. The van der Waals surface area contributed by atoms with Crippen LogP contribution in [-0.2, 0) is 19.1 Å². The van der Waals surface area contributed by atoms with Crippen LogP contribution in [0.25, 0.3) is 0 Å². The lowest BCUT2D eigenvalue weighted by atomic mass is 9.79.